The molecule has 0 spiro atoms. The first-order chi connectivity index (χ1) is 7.27. The Morgan fingerprint density at radius 3 is 2.67 bits per heavy atom. The quantitative estimate of drug-likeness (QED) is 0.835. The number of piperidine rings is 1. The molecule has 1 aromatic carbocycles. The van der Waals surface area contributed by atoms with Crippen LogP contribution in [-0.2, 0) is 0 Å². The van der Waals surface area contributed by atoms with Gasteiger partial charge in [0.05, 0.1) is 0 Å². The van der Waals surface area contributed by atoms with Crippen molar-refractivity contribution < 1.29 is 4.79 Å². The second-order valence-electron chi connectivity index (χ2n) is 3.91. The van der Waals surface area contributed by atoms with Gasteiger partial charge in [0.15, 0.2) is 5.78 Å². The number of rotatable bonds is 2. The summed E-state index contributed by atoms with van der Waals surface area (Å²) in [5, 5.41) is 3.27. The molecule has 1 aliphatic rings. The summed E-state index contributed by atoms with van der Waals surface area (Å²) in [6.45, 7) is 1.87. The largest absolute Gasteiger partial charge is 0.316 e. The van der Waals surface area contributed by atoms with Gasteiger partial charge in [-0.1, -0.05) is 28.1 Å². The molecule has 0 aliphatic carbocycles. The van der Waals surface area contributed by atoms with Crippen molar-refractivity contribution in [2.75, 3.05) is 13.1 Å². The smallest absolute Gasteiger partial charge is 0.167 e. The molecule has 1 atom stereocenters. The van der Waals surface area contributed by atoms with Gasteiger partial charge >= 0.3 is 0 Å². The molecule has 1 aromatic rings. The number of Topliss-reactive ketones (excluding diaryl/α,β-unsaturated/α-hetero) is 1. The molecule has 3 heteroatoms. The molecule has 1 heterocycles. The summed E-state index contributed by atoms with van der Waals surface area (Å²) in [7, 11) is 0. The number of hydrogen-bond donors (Lipinski definition) is 1. The average Bonchev–Trinajstić information content (AvgIpc) is 2.30. The molecule has 1 N–H and O–H groups in total. The maximum atomic E-state index is 12.1. The second kappa shape index (κ2) is 4.90. The van der Waals surface area contributed by atoms with Crippen LogP contribution in [0.4, 0.5) is 0 Å². The van der Waals surface area contributed by atoms with Gasteiger partial charge in [0.1, 0.15) is 0 Å². The molecule has 1 fully saturated rings. The van der Waals surface area contributed by atoms with Gasteiger partial charge in [-0.05, 0) is 31.5 Å². The summed E-state index contributed by atoms with van der Waals surface area (Å²) >= 11 is 3.37. The summed E-state index contributed by atoms with van der Waals surface area (Å²) in [6.07, 6.45) is 2.12. The van der Waals surface area contributed by atoms with Crippen molar-refractivity contribution in [3.05, 3.63) is 34.3 Å². The highest BCUT2D eigenvalue weighted by atomic mass is 79.9. The molecule has 2 nitrogen and oxygen atoms in total. The Balaban J connectivity index is 2.09. The highest BCUT2D eigenvalue weighted by molar-refractivity contribution is 9.10. The lowest BCUT2D eigenvalue weighted by Crippen LogP contribution is -2.34. The van der Waals surface area contributed by atoms with E-state index in [4.69, 9.17) is 0 Å². The van der Waals surface area contributed by atoms with Crippen LogP contribution >= 0.6 is 15.9 Å². The third-order valence-corrected chi connectivity index (χ3v) is 3.33. The number of ketones is 1. The highest BCUT2D eigenvalue weighted by Crippen LogP contribution is 2.18. The van der Waals surface area contributed by atoms with Gasteiger partial charge in [0.25, 0.3) is 0 Å². The van der Waals surface area contributed by atoms with Gasteiger partial charge in [0.2, 0.25) is 0 Å². The number of carbonyl (C=O) groups excluding carboxylic acids is 1. The first-order valence-electron chi connectivity index (χ1n) is 5.28. The fourth-order valence-corrected chi connectivity index (χ4v) is 2.19. The normalized spacial score (nSPS) is 21.3. The van der Waals surface area contributed by atoms with Gasteiger partial charge in [0, 0.05) is 22.5 Å². The molecule has 80 valence electrons. The van der Waals surface area contributed by atoms with E-state index in [-0.39, 0.29) is 11.7 Å². The van der Waals surface area contributed by atoms with Crippen LogP contribution in [0.1, 0.15) is 23.2 Å². The summed E-state index contributed by atoms with van der Waals surface area (Å²) in [5.41, 5.74) is 0.826. The van der Waals surface area contributed by atoms with Crippen molar-refractivity contribution in [3.8, 4) is 0 Å². The third kappa shape index (κ3) is 2.67. The Bertz CT molecular complexity index is 341. The van der Waals surface area contributed by atoms with Crippen molar-refractivity contribution in [2.45, 2.75) is 12.8 Å². The maximum absolute atomic E-state index is 12.1. The minimum Gasteiger partial charge on any atom is -0.316 e. The fourth-order valence-electron chi connectivity index (χ4n) is 1.93. The molecule has 2 rings (SSSR count). The summed E-state index contributed by atoms with van der Waals surface area (Å²) in [5.74, 6) is 0.439. The van der Waals surface area contributed by atoms with E-state index in [0.29, 0.717) is 0 Å². The zero-order valence-corrected chi connectivity index (χ0v) is 10.1. The molecule has 15 heavy (non-hydrogen) atoms. The Morgan fingerprint density at radius 2 is 2.07 bits per heavy atom. The van der Waals surface area contributed by atoms with Crippen LogP contribution < -0.4 is 5.32 Å². The highest BCUT2D eigenvalue weighted by Gasteiger charge is 2.21. The Morgan fingerprint density at radius 1 is 1.33 bits per heavy atom. The van der Waals surface area contributed by atoms with Crippen LogP contribution in [0, 0.1) is 5.92 Å². The Kier molecular flexibility index (Phi) is 3.54. The molecule has 0 bridgehead atoms. The zero-order chi connectivity index (χ0) is 10.7. The molecular weight excluding hydrogens is 254 g/mol. The third-order valence-electron chi connectivity index (χ3n) is 2.80. The standard InChI is InChI=1S/C12H14BrNO/c13-11-5-3-9(4-6-11)12(15)10-2-1-7-14-8-10/h3-6,10,14H,1-2,7-8H2/t10-/m0/s1. The number of carbonyl (C=O) groups is 1. The zero-order valence-electron chi connectivity index (χ0n) is 8.50. The van der Waals surface area contributed by atoms with Crippen LogP contribution in [-0.4, -0.2) is 18.9 Å². The Labute approximate surface area is 98.2 Å². The lowest BCUT2D eigenvalue weighted by molar-refractivity contribution is 0.0899. The lowest BCUT2D eigenvalue weighted by atomic mass is 9.91. The van der Waals surface area contributed by atoms with Crippen LogP contribution in [0.25, 0.3) is 0 Å². The molecule has 0 unspecified atom stereocenters. The van der Waals surface area contributed by atoms with Gasteiger partial charge in [-0.25, -0.2) is 0 Å². The molecule has 0 amide bonds. The molecular formula is C12H14BrNO. The second-order valence-corrected chi connectivity index (χ2v) is 4.83. The molecule has 0 saturated carbocycles. The molecule has 0 aromatic heterocycles. The van der Waals surface area contributed by atoms with Crippen molar-refractivity contribution in [1.82, 2.24) is 5.32 Å². The van der Waals surface area contributed by atoms with Crippen molar-refractivity contribution in [2.24, 2.45) is 5.92 Å². The van der Waals surface area contributed by atoms with E-state index in [0.717, 1.165) is 36.0 Å². The number of benzene rings is 1. The molecule has 1 aliphatic heterocycles. The van der Waals surface area contributed by atoms with Gasteiger partial charge in [-0.15, -0.1) is 0 Å². The van der Waals surface area contributed by atoms with E-state index in [1.54, 1.807) is 0 Å². The number of hydrogen-bond acceptors (Lipinski definition) is 2. The monoisotopic (exact) mass is 267 g/mol. The predicted octanol–water partition coefficient (Wildman–Crippen LogP) is 2.63. The SMILES string of the molecule is O=C(c1ccc(Br)cc1)[C@H]1CCCNC1. The van der Waals surface area contributed by atoms with Crippen molar-refractivity contribution in [1.29, 1.82) is 0 Å². The van der Waals surface area contributed by atoms with Crippen LogP contribution in [0.15, 0.2) is 28.7 Å². The fraction of sp³-hybridized carbons (Fsp3) is 0.417. The Hall–Kier alpha value is -0.670. The molecule has 0 radical (unpaired) electrons. The van der Waals surface area contributed by atoms with E-state index in [2.05, 4.69) is 21.2 Å². The van der Waals surface area contributed by atoms with Crippen LogP contribution in [0.2, 0.25) is 0 Å². The predicted molar refractivity (Wildman–Crippen MR) is 64.1 cm³/mol. The first-order valence-corrected chi connectivity index (χ1v) is 6.07. The van der Waals surface area contributed by atoms with Crippen LogP contribution in [0.5, 0.6) is 0 Å². The van der Waals surface area contributed by atoms with Gasteiger partial charge < -0.3 is 5.32 Å². The minimum absolute atomic E-state index is 0.167. The minimum atomic E-state index is 0.167. The van der Waals surface area contributed by atoms with E-state index < -0.39 is 0 Å². The topological polar surface area (TPSA) is 29.1 Å². The maximum Gasteiger partial charge on any atom is 0.167 e. The van der Waals surface area contributed by atoms with E-state index in [1.807, 2.05) is 24.3 Å². The summed E-state index contributed by atoms with van der Waals surface area (Å²) < 4.78 is 1.01. The van der Waals surface area contributed by atoms with E-state index in [9.17, 15) is 4.79 Å². The van der Waals surface area contributed by atoms with Crippen molar-refractivity contribution in [3.63, 3.8) is 0 Å². The van der Waals surface area contributed by atoms with Gasteiger partial charge in [-0.3, -0.25) is 4.79 Å². The molecule has 1 saturated heterocycles. The summed E-state index contributed by atoms with van der Waals surface area (Å²) in [4.78, 5) is 12.1. The van der Waals surface area contributed by atoms with Crippen molar-refractivity contribution >= 4 is 21.7 Å². The summed E-state index contributed by atoms with van der Waals surface area (Å²) in [6, 6.07) is 7.62. The lowest BCUT2D eigenvalue weighted by Gasteiger charge is -2.21. The van der Waals surface area contributed by atoms with E-state index in [1.165, 1.54) is 0 Å². The van der Waals surface area contributed by atoms with Crippen LogP contribution in [0.3, 0.4) is 0 Å². The first kappa shape index (κ1) is 10.8. The van der Waals surface area contributed by atoms with Gasteiger partial charge in [-0.2, -0.15) is 0 Å². The average molecular weight is 268 g/mol. The number of nitrogens with one attached hydrogen (secondary N) is 1. The van der Waals surface area contributed by atoms with E-state index >= 15 is 0 Å². The number of halogens is 1.